The molecule has 0 unspecified atom stereocenters. The third-order valence-corrected chi connectivity index (χ3v) is 4.26. The van der Waals surface area contributed by atoms with Gasteiger partial charge in [0.1, 0.15) is 0 Å². The summed E-state index contributed by atoms with van der Waals surface area (Å²) in [7, 11) is 0. The molecule has 0 bridgehead atoms. The number of carbonyl (C=O) groups is 1. The number of rotatable bonds is 5. The van der Waals surface area contributed by atoms with Crippen molar-refractivity contribution in [1.29, 1.82) is 0 Å². The molecule has 2 aromatic rings. The third-order valence-electron chi connectivity index (χ3n) is 4.26. The van der Waals surface area contributed by atoms with Crippen LogP contribution in [0.15, 0.2) is 29.0 Å². The summed E-state index contributed by atoms with van der Waals surface area (Å²) >= 11 is 0. The highest BCUT2D eigenvalue weighted by Crippen LogP contribution is 2.23. The SMILES string of the molecule is N[C@@H]1C[C@@H](C(=O)NCCc2nc(-c3cccnc3)no2)CC[C@H]1O. The van der Waals surface area contributed by atoms with Gasteiger partial charge in [0.2, 0.25) is 17.6 Å². The molecule has 3 rings (SSSR count). The topological polar surface area (TPSA) is 127 Å². The summed E-state index contributed by atoms with van der Waals surface area (Å²) in [6.45, 7) is 0.418. The second-order valence-corrected chi connectivity index (χ2v) is 6.04. The lowest BCUT2D eigenvalue weighted by Gasteiger charge is -2.29. The van der Waals surface area contributed by atoms with Crippen LogP contribution in [0.4, 0.5) is 0 Å². The average Bonchev–Trinajstić information content (AvgIpc) is 3.07. The van der Waals surface area contributed by atoms with E-state index in [1.165, 1.54) is 0 Å². The molecule has 1 saturated carbocycles. The number of aliphatic hydroxyl groups excluding tert-OH is 1. The van der Waals surface area contributed by atoms with Gasteiger partial charge in [-0.1, -0.05) is 5.16 Å². The Morgan fingerprint density at radius 2 is 2.33 bits per heavy atom. The molecular formula is C16H21N5O3. The summed E-state index contributed by atoms with van der Waals surface area (Å²) in [4.78, 5) is 20.4. The number of nitrogens with one attached hydrogen (secondary N) is 1. The summed E-state index contributed by atoms with van der Waals surface area (Å²) < 4.78 is 5.18. The molecule has 8 nitrogen and oxygen atoms in total. The molecular weight excluding hydrogens is 310 g/mol. The molecule has 0 aliphatic heterocycles. The van der Waals surface area contributed by atoms with Crippen molar-refractivity contribution in [2.24, 2.45) is 11.7 Å². The molecule has 4 N–H and O–H groups in total. The van der Waals surface area contributed by atoms with Gasteiger partial charge in [-0.25, -0.2) is 0 Å². The maximum atomic E-state index is 12.1. The second kappa shape index (κ2) is 7.50. The van der Waals surface area contributed by atoms with Gasteiger partial charge in [0.05, 0.1) is 6.10 Å². The van der Waals surface area contributed by atoms with E-state index in [1.54, 1.807) is 18.5 Å². The van der Waals surface area contributed by atoms with Crippen LogP contribution >= 0.6 is 0 Å². The first kappa shape index (κ1) is 16.5. The summed E-state index contributed by atoms with van der Waals surface area (Å²) in [6.07, 6.45) is 5.04. The fraction of sp³-hybridized carbons (Fsp3) is 0.500. The lowest BCUT2D eigenvalue weighted by molar-refractivity contribution is -0.126. The Morgan fingerprint density at radius 1 is 1.46 bits per heavy atom. The molecule has 24 heavy (non-hydrogen) atoms. The van der Waals surface area contributed by atoms with Crippen LogP contribution in [0.25, 0.3) is 11.4 Å². The van der Waals surface area contributed by atoms with Crippen LogP contribution in [-0.2, 0) is 11.2 Å². The smallest absolute Gasteiger partial charge is 0.228 e. The van der Waals surface area contributed by atoms with Gasteiger partial charge in [-0.3, -0.25) is 9.78 Å². The van der Waals surface area contributed by atoms with Gasteiger partial charge in [0, 0.05) is 42.9 Å². The number of hydrogen-bond donors (Lipinski definition) is 3. The summed E-state index contributed by atoms with van der Waals surface area (Å²) in [5.74, 6) is 0.767. The maximum absolute atomic E-state index is 12.1. The van der Waals surface area contributed by atoms with E-state index in [0.717, 1.165) is 5.56 Å². The predicted molar refractivity (Wildman–Crippen MR) is 85.6 cm³/mol. The Hall–Kier alpha value is -2.32. The monoisotopic (exact) mass is 331 g/mol. The molecule has 1 amide bonds. The zero-order valence-electron chi connectivity index (χ0n) is 13.3. The molecule has 1 aliphatic rings. The quantitative estimate of drug-likeness (QED) is 0.718. The van der Waals surface area contributed by atoms with Crippen LogP contribution in [0.2, 0.25) is 0 Å². The number of aromatic nitrogens is 3. The predicted octanol–water partition coefficient (Wildman–Crippen LogP) is 0.279. The highest BCUT2D eigenvalue weighted by molar-refractivity contribution is 5.78. The Bertz CT molecular complexity index is 675. The van der Waals surface area contributed by atoms with Gasteiger partial charge < -0.3 is 20.7 Å². The van der Waals surface area contributed by atoms with E-state index in [2.05, 4.69) is 20.4 Å². The first-order valence-corrected chi connectivity index (χ1v) is 8.08. The van der Waals surface area contributed by atoms with E-state index in [-0.39, 0.29) is 17.9 Å². The minimum atomic E-state index is -0.502. The van der Waals surface area contributed by atoms with Crippen LogP contribution < -0.4 is 11.1 Å². The minimum Gasteiger partial charge on any atom is -0.392 e. The highest BCUT2D eigenvalue weighted by atomic mass is 16.5. The standard InChI is InChI=1S/C16H21N5O3/c17-12-8-10(3-4-13(12)22)16(23)19-7-5-14-20-15(21-24-14)11-2-1-6-18-9-11/h1-2,6,9-10,12-13,22H,3-5,7-8,17H2,(H,19,23)/t10-,12+,13+/m0/s1. The van der Waals surface area contributed by atoms with Crippen molar-refractivity contribution in [2.75, 3.05) is 6.54 Å². The molecule has 3 atom stereocenters. The molecule has 128 valence electrons. The zero-order chi connectivity index (χ0) is 16.9. The number of carbonyl (C=O) groups excluding carboxylic acids is 1. The van der Waals surface area contributed by atoms with E-state index in [1.807, 2.05) is 6.07 Å². The van der Waals surface area contributed by atoms with Gasteiger partial charge >= 0.3 is 0 Å². The van der Waals surface area contributed by atoms with Crippen molar-refractivity contribution in [2.45, 2.75) is 37.8 Å². The van der Waals surface area contributed by atoms with Gasteiger partial charge in [0.15, 0.2) is 0 Å². The highest BCUT2D eigenvalue weighted by Gasteiger charge is 2.30. The number of nitrogens with two attached hydrogens (primary N) is 1. The average molecular weight is 331 g/mol. The normalized spacial score (nSPS) is 23.8. The minimum absolute atomic E-state index is 0.0376. The zero-order valence-corrected chi connectivity index (χ0v) is 13.3. The number of aliphatic hydroxyl groups is 1. The van der Waals surface area contributed by atoms with E-state index in [9.17, 15) is 9.90 Å². The molecule has 8 heteroatoms. The van der Waals surface area contributed by atoms with Crippen LogP contribution in [0.5, 0.6) is 0 Å². The maximum Gasteiger partial charge on any atom is 0.228 e. The first-order valence-electron chi connectivity index (χ1n) is 8.08. The molecule has 1 fully saturated rings. The molecule has 0 spiro atoms. The van der Waals surface area contributed by atoms with Crippen LogP contribution in [0.3, 0.4) is 0 Å². The van der Waals surface area contributed by atoms with E-state index in [0.29, 0.717) is 43.9 Å². The molecule has 2 heterocycles. The van der Waals surface area contributed by atoms with Gasteiger partial charge in [-0.15, -0.1) is 0 Å². The molecule has 0 saturated heterocycles. The van der Waals surface area contributed by atoms with E-state index < -0.39 is 6.10 Å². The Morgan fingerprint density at radius 3 is 3.08 bits per heavy atom. The molecule has 1 aliphatic carbocycles. The largest absolute Gasteiger partial charge is 0.392 e. The Balaban J connectivity index is 1.47. The van der Waals surface area contributed by atoms with Crippen LogP contribution in [-0.4, -0.2) is 44.8 Å². The van der Waals surface area contributed by atoms with Gasteiger partial charge in [-0.05, 0) is 31.4 Å². The van der Waals surface area contributed by atoms with Crippen molar-refractivity contribution in [3.05, 3.63) is 30.4 Å². The number of pyridine rings is 1. The molecule has 0 aromatic carbocycles. The van der Waals surface area contributed by atoms with E-state index >= 15 is 0 Å². The third kappa shape index (κ3) is 3.95. The second-order valence-electron chi connectivity index (χ2n) is 6.04. The van der Waals surface area contributed by atoms with Gasteiger partial charge in [-0.2, -0.15) is 4.98 Å². The fourth-order valence-electron chi connectivity index (χ4n) is 2.83. The Kier molecular flexibility index (Phi) is 5.17. The fourth-order valence-corrected chi connectivity index (χ4v) is 2.83. The van der Waals surface area contributed by atoms with Crippen molar-refractivity contribution in [3.8, 4) is 11.4 Å². The molecule has 0 radical (unpaired) electrons. The lowest BCUT2D eigenvalue weighted by atomic mass is 9.84. The van der Waals surface area contributed by atoms with Crippen molar-refractivity contribution in [1.82, 2.24) is 20.4 Å². The van der Waals surface area contributed by atoms with Crippen LogP contribution in [0, 0.1) is 5.92 Å². The van der Waals surface area contributed by atoms with Crippen molar-refractivity contribution in [3.63, 3.8) is 0 Å². The van der Waals surface area contributed by atoms with Gasteiger partial charge in [0.25, 0.3) is 0 Å². The van der Waals surface area contributed by atoms with Crippen molar-refractivity contribution < 1.29 is 14.4 Å². The summed E-state index contributed by atoms with van der Waals surface area (Å²) in [5.41, 5.74) is 6.60. The number of hydrogen-bond acceptors (Lipinski definition) is 7. The van der Waals surface area contributed by atoms with Crippen molar-refractivity contribution >= 4 is 5.91 Å². The first-order chi connectivity index (χ1) is 11.6. The number of amides is 1. The summed E-state index contributed by atoms with van der Waals surface area (Å²) in [5, 5.41) is 16.4. The van der Waals surface area contributed by atoms with E-state index in [4.69, 9.17) is 10.3 Å². The van der Waals surface area contributed by atoms with Crippen LogP contribution in [0.1, 0.15) is 25.2 Å². The molecule has 2 aromatic heterocycles. The lowest BCUT2D eigenvalue weighted by Crippen LogP contribution is -2.45. The Labute approximate surface area is 139 Å². The number of nitrogens with zero attached hydrogens (tertiary/aromatic N) is 3. The summed E-state index contributed by atoms with van der Waals surface area (Å²) in [6, 6.07) is 3.33.